The Balaban J connectivity index is 1.41. The highest BCUT2D eigenvalue weighted by Crippen LogP contribution is 2.31. The Bertz CT molecular complexity index is 924. The molecule has 0 N–H and O–H groups in total. The molecule has 1 fully saturated rings. The molecule has 1 saturated heterocycles. The largest absolute Gasteiger partial charge is 0.482 e. The number of carbonyl (C=O) groups excluding carboxylic acids is 2. The normalized spacial score (nSPS) is 14.2. The van der Waals surface area contributed by atoms with Gasteiger partial charge in [0.1, 0.15) is 5.75 Å². The summed E-state index contributed by atoms with van der Waals surface area (Å²) < 4.78 is 49.1. The molecule has 0 bridgehead atoms. The van der Waals surface area contributed by atoms with Gasteiger partial charge in [-0.2, -0.15) is 13.2 Å². The average molecular weight is 450 g/mol. The van der Waals surface area contributed by atoms with Gasteiger partial charge >= 0.3 is 12.1 Å². The molecule has 6 nitrogen and oxygen atoms in total. The van der Waals surface area contributed by atoms with Gasteiger partial charge < -0.3 is 19.3 Å². The van der Waals surface area contributed by atoms with Gasteiger partial charge in [-0.25, -0.2) is 4.79 Å². The maximum absolute atomic E-state index is 12.9. The van der Waals surface area contributed by atoms with Crippen molar-refractivity contribution in [2.75, 3.05) is 44.3 Å². The minimum atomic E-state index is -4.40. The zero-order valence-corrected chi connectivity index (χ0v) is 17.7. The monoisotopic (exact) mass is 450 g/mol. The van der Waals surface area contributed by atoms with E-state index in [4.69, 9.17) is 9.47 Å². The van der Waals surface area contributed by atoms with Crippen molar-refractivity contribution in [3.8, 4) is 5.75 Å². The average Bonchev–Trinajstić information content (AvgIpc) is 2.81. The molecule has 0 saturated carbocycles. The third-order valence-electron chi connectivity index (χ3n) is 5.22. The summed E-state index contributed by atoms with van der Waals surface area (Å²) in [6.07, 6.45) is -3.50. The van der Waals surface area contributed by atoms with Gasteiger partial charge in [0, 0.05) is 31.9 Å². The summed E-state index contributed by atoms with van der Waals surface area (Å²) in [5.41, 5.74) is 0.907. The number of benzene rings is 2. The molecule has 0 aromatic heterocycles. The minimum absolute atomic E-state index is 0.303. The molecule has 0 radical (unpaired) electrons. The number of hydrogen-bond acceptors (Lipinski definition) is 5. The predicted octanol–water partition coefficient (Wildman–Crippen LogP) is 3.54. The van der Waals surface area contributed by atoms with Crippen LogP contribution in [0.2, 0.25) is 0 Å². The fourth-order valence-electron chi connectivity index (χ4n) is 3.33. The van der Waals surface area contributed by atoms with Crippen LogP contribution in [-0.2, 0) is 26.9 Å². The molecule has 0 spiro atoms. The van der Waals surface area contributed by atoms with Crippen molar-refractivity contribution in [1.82, 2.24) is 4.90 Å². The van der Waals surface area contributed by atoms with E-state index >= 15 is 0 Å². The van der Waals surface area contributed by atoms with E-state index in [1.807, 2.05) is 19.1 Å². The first-order valence-corrected chi connectivity index (χ1v) is 10.3. The van der Waals surface area contributed by atoms with E-state index in [1.54, 1.807) is 23.1 Å². The fourth-order valence-corrected chi connectivity index (χ4v) is 3.33. The maximum Gasteiger partial charge on any atom is 0.416 e. The van der Waals surface area contributed by atoms with Crippen LogP contribution >= 0.6 is 0 Å². The maximum atomic E-state index is 12.9. The van der Waals surface area contributed by atoms with Crippen LogP contribution < -0.4 is 9.64 Å². The van der Waals surface area contributed by atoms with Crippen molar-refractivity contribution in [3.63, 3.8) is 0 Å². The number of hydrogen-bond donors (Lipinski definition) is 0. The molecule has 1 aliphatic rings. The second-order valence-corrected chi connectivity index (χ2v) is 7.36. The molecule has 9 heteroatoms. The summed E-state index contributed by atoms with van der Waals surface area (Å²) in [5.74, 6) is -0.467. The van der Waals surface area contributed by atoms with Gasteiger partial charge in [-0.1, -0.05) is 25.1 Å². The molecule has 1 aliphatic heterocycles. The zero-order valence-electron chi connectivity index (χ0n) is 17.7. The Labute approximate surface area is 184 Å². The van der Waals surface area contributed by atoms with Crippen LogP contribution in [0.4, 0.5) is 18.9 Å². The van der Waals surface area contributed by atoms with Crippen molar-refractivity contribution < 1.29 is 32.2 Å². The molecule has 0 atom stereocenters. The molecule has 172 valence electrons. The van der Waals surface area contributed by atoms with Crippen molar-refractivity contribution in [1.29, 1.82) is 0 Å². The molecule has 2 aromatic rings. The van der Waals surface area contributed by atoms with Gasteiger partial charge in [-0.3, -0.25) is 4.79 Å². The van der Waals surface area contributed by atoms with Crippen LogP contribution in [0.5, 0.6) is 5.75 Å². The number of amides is 1. The Morgan fingerprint density at radius 3 is 2.28 bits per heavy atom. The first-order valence-electron chi connectivity index (χ1n) is 10.3. The van der Waals surface area contributed by atoms with Crippen LogP contribution in [0, 0.1) is 0 Å². The first-order chi connectivity index (χ1) is 15.3. The number of aryl methyl sites for hydroxylation is 1. The molecule has 32 heavy (non-hydrogen) atoms. The summed E-state index contributed by atoms with van der Waals surface area (Å²) in [7, 11) is 0. The number of piperazine rings is 1. The molecule has 0 aliphatic carbocycles. The van der Waals surface area contributed by atoms with Crippen LogP contribution in [-0.4, -0.2) is 56.2 Å². The standard InChI is InChI=1S/C23H25F3N2O4/c1-2-17-6-8-20(9-7-17)31-16-22(30)32-15-21(29)28-12-10-27(11-13-28)19-5-3-4-18(14-19)23(24,25)26/h3-9,14H,2,10-13,15-16H2,1H3. The molecule has 3 rings (SSSR count). The number of halogens is 3. The Kier molecular flexibility index (Phi) is 7.61. The summed E-state index contributed by atoms with van der Waals surface area (Å²) in [6, 6.07) is 12.5. The van der Waals surface area contributed by atoms with Crippen LogP contribution in [0.3, 0.4) is 0 Å². The number of rotatable bonds is 7. The molecule has 1 amide bonds. The van der Waals surface area contributed by atoms with E-state index < -0.39 is 24.3 Å². The molecule has 0 unspecified atom stereocenters. The zero-order chi connectivity index (χ0) is 23.1. The second-order valence-electron chi connectivity index (χ2n) is 7.36. The minimum Gasteiger partial charge on any atom is -0.482 e. The summed E-state index contributed by atoms with van der Waals surface area (Å²) in [6.45, 7) is 2.76. The van der Waals surface area contributed by atoms with Crippen molar-refractivity contribution in [2.45, 2.75) is 19.5 Å². The number of esters is 1. The Morgan fingerprint density at radius 1 is 0.969 bits per heavy atom. The van der Waals surface area contributed by atoms with Gasteiger partial charge in [0.25, 0.3) is 5.91 Å². The first kappa shape index (κ1) is 23.4. The third-order valence-corrected chi connectivity index (χ3v) is 5.22. The SMILES string of the molecule is CCc1ccc(OCC(=O)OCC(=O)N2CCN(c3cccc(C(F)(F)F)c3)CC2)cc1. The van der Waals surface area contributed by atoms with E-state index in [0.29, 0.717) is 37.6 Å². The van der Waals surface area contributed by atoms with Gasteiger partial charge in [0.15, 0.2) is 13.2 Å². The van der Waals surface area contributed by atoms with Crippen molar-refractivity contribution in [3.05, 3.63) is 59.7 Å². The number of ether oxygens (including phenoxy) is 2. The third kappa shape index (κ3) is 6.38. The van der Waals surface area contributed by atoms with E-state index in [-0.39, 0.29) is 12.5 Å². The van der Waals surface area contributed by atoms with Crippen LogP contribution in [0.25, 0.3) is 0 Å². The summed E-state index contributed by atoms with van der Waals surface area (Å²) >= 11 is 0. The lowest BCUT2D eigenvalue weighted by atomic mass is 10.1. The highest BCUT2D eigenvalue weighted by molar-refractivity contribution is 5.81. The van der Waals surface area contributed by atoms with Gasteiger partial charge in [0.05, 0.1) is 5.56 Å². The second kappa shape index (κ2) is 10.4. The molecular weight excluding hydrogens is 425 g/mol. The Morgan fingerprint density at radius 2 is 1.66 bits per heavy atom. The number of nitrogens with zero attached hydrogens (tertiary/aromatic N) is 2. The van der Waals surface area contributed by atoms with Gasteiger partial charge in [0.2, 0.25) is 0 Å². The van der Waals surface area contributed by atoms with E-state index in [0.717, 1.165) is 24.1 Å². The smallest absolute Gasteiger partial charge is 0.416 e. The lowest BCUT2D eigenvalue weighted by molar-refractivity contribution is -0.153. The molecule has 2 aromatic carbocycles. The highest BCUT2D eigenvalue weighted by atomic mass is 19.4. The molecular formula is C23H25F3N2O4. The van der Waals surface area contributed by atoms with E-state index in [9.17, 15) is 22.8 Å². The quantitative estimate of drug-likeness (QED) is 0.604. The lowest BCUT2D eigenvalue weighted by Crippen LogP contribution is -2.50. The molecule has 1 heterocycles. The summed E-state index contributed by atoms with van der Waals surface area (Å²) in [5, 5.41) is 0. The number of alkyl halides is 3. The fraction of sp³-hybridized carbons (Fsp3) is 0.391. The number of carbonyl (C=O) groups is 2. The van der Waals surface area contributed by atoms with Crippen molar-refractivity contribution >= 4 is 17.6 Å². The predicted molar refractivity (Wildman–Crippen MR) is 113 cm³/mol. The van der Waals surface area contributed by atoms with Gasteiger partial charge in [-0.15, -0.1) is 0 Å². The van der Waals surface area contributed by atoms with Gasteiger partial charge in [-0.05, 0) is 42.3 Å². The van der Waals surface area contributed by atoms with Crippen molar-refractivity contribution in [2.24, 2.45) is 0 Å². The summed E-state index contributed by atoms with van der Waals surface area (Å²) in [4.78, 5) is 27.5. The Hall–Kier alpha value is -3.23. The van der Waals surface area contributed by atoms with Crippen LogP contribution in [0.15, 0.2) is 48.5 Å². The van der Waals surface area contributed by atoms with E-state index in [2.05, 4.69) is 0 Å². The topological polar surface area (TPSA) is 59.1 Å². The van der Waals surface area contributed by atoms with Crippen LogP contribution in [0.1, 0.15) is 18.1 Å². The van der Waals surface area contributed by atoms with E-state index in [1.165, 1.54) is 11.0 Å². The lowest BCUT2D eigenvalue weighted by Gasteiger charge is -2.36. The highest BCUT2D eigenvalue weighted by Gasteiger charge is 2.31. The number of anilines is 1.